The summed E-state index contributed by atoms with van der Waals surface area (Å²) in [6.45, 7) is 0.0105. The Morgan fingerprint density at radius 1 is 0.871 bits per heavy atom. The van der Waals surface area contributed by atoms with Gasteiger partial charge in [-0.2, -0.15) is 0 Å². The van der Waals surface area contributed by atoms with Gasteiger partial charge in [0.05, 0.1) is 17.6 Å². The van der Waals surface area contributed by atoms with Gasteiger partial charge in [0.15, 0.2) is 0 Å². The molecule has 0 radical (unpaired) electrons. The Bertz CT molecular complexity index is 1180. The minimum Gasteiger partial charge on any atom is -0.465 e. The summed E-state index contributed by atoms with van der Waals surface area (Å²) in [5.41, 5.74) is 1.90. The van der Waals surface area contributed by atoms with Gasteiger partial charge in [0.1, 0.15) is 5.82 Å². The number of halogens is 1. The van der Waals surface area contributed by atoms with Gasteiger partial charge in [-0.3, -0.25) is 4.79 Å². The molecular weight excluding hydrogens is 423 g/mol. The van der Waals surface area contributed by atoms with E-state index in [9.17, 15) is 22.4 Å². The van der Waals surface area contributed by atoms with E-state index in [4.69, 9.17) is 0 Å². The fraction of sp³-hybridized carbons (Fsp3) is 0.0909. The van der Waals surface area contributed by atoms with Crippen LogP contribution >= 0.6 is 0 Å². The maximum atomic E-state index is 13.0. The van der Waals surface area contributed by atoms with E-state index in [1.54, 1.807) is 36.4 Å². The third kappa shape index (κ3) is 5.74. The molecule has 0 aromatic heterocycles. The predicted molar refractivity (Wildman–Crippen MR) is 113 cm³/mol. The Hall–Kier alpha value is -3.56. The molecule has 0 heterocycles. The number of benzene rings is 3. The Labute approximate surface area is 178 Å². The Morgan fingerprint density at radius 3 is 2.03 bits per heavy atom. The summed E-state index contributed by atoms with van der Waals surface area (Å²) in [6.07, 6.45) is 0. The summed E-state index contributed by atoms with van der Waals surface area (Å²) in [6, 6.07) is 17.2. The van der Waals surface area contributed by atoms with Crippen molar-refractivity contribution >= 4 is 27.6 Å². The molecule has 2 N–H and O–H groups in total. The quantitative estimate of drug-likeness (QED) is 0.547. The summed E-state index contributed by atoms with van der Waals surface area (Å²) in [5, 5.41) is 2.71. The van der Waals surface area contributed by atoms with Crippen LogP contribution in [0.25, 0.3) is 0 Å². The number of hydrogen-bond donors (Lipinski definition) is 2. The largest absolute Gasteiger partial charge is 0.465 e. The number of sulfonamides is 1. The number of carbonyl (C=O) groups excluding carboxylic acids is 2. The minimum absolute atomic E-state index is 0.0105. The molecule has 3 aromatic carbocycles. The third-order valence-electron chi connectivity index (χ3n) is 4.37. The van der Waals surface area contributed by atoms with Crippen LogP contribution in [0.4, 0.5) is 10.1 Å². The number of rotatable bonds is 7. The second kappa shape index (κ2) is 9.50. The van der Waals surface area contributed by atoms with Crippen LogP contribution in [0.15, 0.2) is 77.7 Å². The summed E-state index contributed by atoms with van der Waals surface area (Å²) in [7, 11) is -2.50. The molecule has 31 heavy (non-hydrogen) atoms. The van der Waals surface area contributed by atoms with Gasteiger partial charge in [-0.25, -0.2) is 22.3 Å². The first-order chi connectivity index (χ1) is 14.8. The van der Waals surface area contributed by atoms with Crippen molar-refractivity contribution in [2.45, 2.75) is 11.4 Å². The zero-order chi connectivity index (χ0) is 22.4. The smallest absolute Gasteiger partial charge is 0.337 e. The van der Waals surface area contributed by atoms with Crippen molar-refractivity contribution in [2.75, 3.05) is 12.4 Å². The van der Waals surface area contributed by atoms with Crippen LogP contribution in [0.2, 0.25) is 0 Å². The van der Waals surface area contributed by atoms with E-state index in [1.165, 1.54) is 31.4 Å². The summed E-state index contributed by atoms with van der Waals surface area (Å²) >= 11 is 0. The Kier molecular flexibility index (Phi) is 6.78. The molecule has 0 aliphatic rings. The second-order valence-corrected chi connectivity index (χ2v) is 8.27. The predicted octanol–water partition coefficient (Wildman–Crippen LogP) is 3.34. The number of amides is 1. The van der Waals surface area contributed by atoms with Crippen LogP contribution < -0.4 is 10.0 Å². The maximum absolute atomic E-state index is 13.0. The van der Waals surface area contributed by atoms with Gasteiger partial charge < -0.3 is 10.1 Å². The topological polar surface area (TPSA) is 102 Å². The maximum Gasteiger partial charge on any atom is 0.337 e. The van der Waals surface area contributed by atoms with E-state index in [0.717, 1.165) is 12.1 Å². The van der Waals surface area contributed by atoms with Crippen LogP contribution in [0.3, 0.4) is 0 Å². The van der Waals surface area contributed by atoms with Crippen molar-refractivity contribution in [3.8, 4) is 0 Å². The molecule has 0 unspecified atom stereocenters. The Balaban J connectivity index is 1.60. The van der Waals surface area contributed by atoms with Gasteiger partial charge in [-0.05, 0) is 66.2 Å². The molecule has 3 aromatic rings. The highest BCUT2D eigenvalue weighted by atomic mass is 32.2. The highest BCUT2D eigenvalue weighted by Crippen LogP contribution is 2.14. The first-order valence-electron chi connectivity index (χ1n) is 9.12. The molecule has 0 spiro atoms. The number of nitrogens with one attached hydrogen (secondary N) is 2. The van der Waals surface area contributed by atoms with Crippen molar-refractivity contribution in [3.63, 3.8) is 0 Å². The molecule has 7 nitrogen and oxygen atoms in total. The van der Waals surface area contributed by atoms with Crippen molar-refractivity contribution in [1.82, 2.24) is 4.72 Å². The summed E-state index contributed by atoms with van der Waals surface area (Å²) in [5.74, 6) is -1.35. The fourth-order valence-corrected chi connectivity index (χ4v) is 3.68. The van der Waals surface area contributed by atoms with E-state index in [0.29, 0.717) is 22.4 Å². The van der Waals surface area contributed by atoms with Gasteiger partial charge in [0.25, 0.3) is 5.91 Å². The molecule has 0 saturated carbocycles. The molecular formula is C22H19FN2O5S. The molecule has 0 aliphatic heterocycles. The highest BCUT2D eigenvalue weighted by Gasteiger charge is 2.14. The van der Waals surface area contributed by atoms with Crippen molar-refractivity contribution in [2.24, 2.45) is 0 Å². The second-order valence-electron chi connectivity index (χ2n) is 6.50. The van der Waals surface area contributed by atoms with E-state index >= 15 is 0 Å². The molecule has 160 valence electrons. The minimum atomic E-state index is -3.78. The zero-order valence-electron chi connectivity index (χ0n) is 16.5. The number of ether oxygens (including phenoxy) is 1. The van der Waals surface area contributed by atoms with Crippen LogP contribution in [-0.4, -0.2) is 27.4 Å². The number of hydrogen-bond acceptors (Lipinski definition) is 5. The highest BCUT2D eigenvalue weighted by molar-refractivity contribution is 7.89. The van der Waals surface area contributed by atoms with E-state index < -0.39 is 21.8 Å². The van der Waals surface area contributed by atoms with Crippen LogP contribution in [0.1, 0.15) is 26.3 Å². The van der Waals surface area contributed by atoms with Gasteiger partial charge >= 0.3 is 5.97 Å². The van der Waals surface area contributed by atoms with Gasteiger partial charge in [0.2, 0.25) is 10.0 Å². The number of anilines is 1. The number of methoxy groups -OCH3 is 1. The van der Waals surface area contributed by atoms with Crippen molar-refractivity contribution in [3.05, 3.63) is 95.3 Å². The lowest BCUT2D eigenvalue weighted by molar-refractivity contribution is 0.0600. The lowest BCUT2D eigenvalue weighted by atomic mass is 10.1. The third-order valence-corrected chi connectivity index (χ3v) is 5.79. The summed E-state index contributed by atoms with van der Waals surface area (Å²) in [4.78, 5) is 23.8. The number of carbonyl (C=O) groups is 2. The molecule has 0 aliphatic carbocycles. The van der Waals surface area contributed by atoms with E-state index in [2.05, 4.69) is 14.8 Å². The average molecular weight is 442 g/mol. The van der Waals surface area contributed by atoms with Gasteiger partial charge in [0, 0.05) is 17.8 Å². The first-order valence-corrected chi connectivity index (χ1v) is 10.6. The standard InChI is InChI=1S/C22H19FN2O5S/c1-30-22(27)17-6-10-19(11-7-17)25-21(26)16-4-2-15(3-5-16)14-24-31(28,29)20-12-8-18(23)9-13-20/h2-13,24H,14H2,1H3,(H,25,26). The average Bonchev–Trinajstić information content (AvgIpc) is 2.78. The Morgan fingerprint density at radius 2 is 1.45 bits per heavy atom. The first kappa shape index (κ1) is 22.1. The molecule has 9 heteroatoms. The lowest BCUT2D eigenvalue weighted by Gasteiger charge is -2.09. The zero-order valence-corrected chi connectivity index (χ0v) is 17.3. The number of esters is 1. The van der Waals surface area contributed by atoms with Crippen LogP contribution in [0, 0.1) is 5.82 Å². The molecule has 3 rings (SSSR count). The van der Waals surface area contributed by atoms with Crippen LogP contribution in [0.5, 0.6) is 0 Å². The molecule has 0 fully saturated rings. The van der Waals surface area contributed by atoms with Crippen molar-refractivity contribution < 1.29 is 27.1 Å². The lowest BCUT2D eigenvalue weighted by Crippen LogP contribution is -2.23. The summed E-state index contributed by atoms with van der Waals surface area (Å²) < 4.78 is 44.5. The van der Waals surface area contributed by atoms with E-state index in [-0.39, 0.29) is 17.3 Å². The van der Waals surface area contributed by atoms with Gasteiger partial charge in [-0.15, -0.1) is 0 Å². The SMILES string of the molecule is COC(=O)c1ccc(NC(=O)c2ccc(CNS(=O)(=O)c3ccc(F)cc3)cc2)cc1. The molecule has 1 amide bonds. The monoisotopic (exact) mass is 442 g/mol. The van der Waals surface area contributed by atoms with Gasteiger partial charge in [-0.1, -0.05) is 12.1 Å². The molecule has 0 saturated heterocycles. The van der Waals surface area contributed by atoms with Crippen LogP contribution in [-0.2, 0) is 21.3 Å². The fourth-order valence-electron chi connectivity index (χ4n) is 2.66. The molecule has 0 bridgehead atoms. The molecule has 0 atom stereocenters. The normalized spacial score (nSPS) is 11.0. The van der Waals surface area contributed by atoms with E-state index in [1.807, 2.05) is 0 Å². The van der Waals surface area contributed by atoms with Crippen molar-refractivity contribution in [1.29, 1.82) is 0 Å².